The summed E-state index contributed by atoms with van der Waals surface area (Å²) in [5.41, 5.74) is 15.8. The largest absolute Gasteiger partial charge is 0.389 e. The molecule has 0 bridgehead atoms. The minimum atomic E-state index is -0.608. The van der Waals surface area contributed by atoms with Crippen molar-refractivity contribution in [2.24, 2.45) is 10.9 Å². The van der Waals surface area contributed by atoms with Gasteiger partial charge in [0, 0.05) is 35.3 Å². The lowest BCUT2D eigenvalue weighted by Crippen LogP contribution is -2.39. The molecule has 5 N–H and O–H groups in total. The first kappa shape index (κ1) is 39.3. The second kappa shape index (κ2) is 18.1. The van der Waals surface area contributed by atoms with Crippen molar-refractivity contribution in [1.29, 1.82) is 5.26 Å². The summed E-state index contributed by atoms with van der Waals surface area (Å²) in [6.07, 6.45) is 13.3. The van der Waals surface area contributed by atoms with Gasteiger partial charge in [-0.3, -0.25) is 9.98 Å². The molecule has 0 radical (unpaired) electrons. The zero-order chi connectivity index (χ0) is 37.2. The van der Waals surface area contributed by atoms with Crippen LogP contribution >= 0.6 is 11.3 Å². The highest BCUT2D eigenvalue weighted by Crippen LogP contribution is 2.44. The van der Waals surface area contributed by atoms with Crippen molar-refractivity contribution < 1.29 is 13.5 Å². The van der Waals surface area contributed by atoms with E-state index < -0.39 is 11.6 Å². The van der Waals surface area contributed by atoms with Crippen LogP contribution in [0.1, 0.15) is 102 Å². The van der Waals surface area contributed by atoms with E-state index in [2.05, 4.69) is 72.8 Å². The number of hydrogen-bond donors (Lipinski definition) is 4. The topological polar surface area (TPSA) is 124 Å². The average molecular weight is 719 g/mol. The predicted octanol–water partition coefficient (Wildman–Crippen LogP) is 8.69. The van der Waals surface area contributed by atoms with Crippen molar-refractivity contribution in [2.45, 2.75) is 100 Å². The zero-order valence-corrected chi connectivity index (χ0v) is 32.0. The number of amidine groups is 1. The molecule has 3 aliphatic rings. The lowest BCUT2D eigenvalue weighted by atomic mass is 9.89. The standard InChI is InChI=1S/C33H36F2N8OS.C4H10.C2H6/c1-5-7-25(43-11-9-17(2)19(43)4)41-33(39-13-20-8-6-10-40-42-20)26-18(3)29(35)27(23-16-44-15-22(23)26)30-28-21(12-36)32(37)45-31(28)24(34)14-38-30;1-3-4-2;1-2/h6-8,10,14,17,19,40,42H,5,9,11,13,15-16,37H2,1-4H3,(H,39,41);3-4H2,1-2H3;1-2H3/b25-7-;;. The number of nitrogens with zero attached hydrogens (tertiary/aromatic N) is 4. The molecule has 274 valence electrons. The Bertz CT molecular complexity index is 1870. The van der Waals surface area contributed by atoms with Gasteiger partial charge in [0.2, 0.25) is 0 Å². The predicted molar refractivity (Wildman–Crippen MR) is 206 cm³/mol. The van der Waals surface area contributed by atoms with Crippen LogP contribution in [0.3, 0.4) is 0 Å². The molecule has 1 fully saturated rings. The number of nitrogens with two attached hydrogens (primary N) is 1. The van der Waals surface area contributed by atoms with Crippen LogP contribution in [0.5, 0.6) is 0 Å². The molecule has 0 spiro atoms. The monoisotopic (exact) mass is 718 g/mol. The molecule has 0 aliphatic carbocycles. The van der Waals surface area contributed by atoms with Crippen LogP contribution < -0.4 is 21.9 Å². The molecule has 6 rings (SSSR count). The summed E-state index contributed by atoms with van der Waals surface area (Å²) >= 11 is 0.959. The summed E-state index contributed by atoms with van der Waals surface area (Å²) in [6.45, 7) is 18.2. The average Bonchev–Trinajstić information content (AvgIpc) is 3.86. The molecule has 3 aromatic rings. The zero-order valence-electron chi connectivity index (χ0n) is 31.1. The van der Waals surface area contributed by atoms with Crippen molar-refractivity contribution in [3.63, 3.8) is 0 Å². The summed E-state index contributed by atoms with van der Waals surface area (Å²) in [5, 5.41) is 13.9. The molecular weight excluding hydrogens is 667 g/mol. The minimum Gasteiger partial charge on any atom is -0.389 e. The van der Waals surface area contributed by atoms with E-state index in [0.29, 0.717) is 41.0 Å². The number of ether oxygens (including phenoxy) is 1. The number of hydrogen-bond acceptors (Lipinski definition) is 9. The molecular formula is C39H52F2N8OS. The number of likely N-dealkylation sites (tertiary alicyclic amines) is 1. The third-order valence-corrected chi connectivity index (χ3v) is 10.4. The first-order chi connectivity index (χ1) is 24.7. The lowest BCUT2D eigenvalue weighted by molar-refractivity contribution is 0.134. The van der Waals surface area contributed by atoms with Gasteiger partial charge in [-0.1, -0.05) is 54.4 Å². The number of pyridine rings is 1. The van der Waals surface area contributed by atoms with Gasteiger partial charge >= 0.3 is 0 Å². The number of aromatic nitrogens is 1. The Morgan fingerprint density at radius 2 is 1.94 bits per heavy atom. The second-order valence-electron chi connectivity index (χ2n) is 12.6. The molecule has 0 amide bonds. The number of aliphatic imine (C=N–C) groups is 1. The maximum Gasteiger partial charge on any atom is 0.159 e. The van der Waals surface area contributed by atoms with E-state index in [1.807, 2.05) is 26.0 Å². The Morgan fingerprint density at radius 3 is 2.55 bits per heavy atom. The quantitative estimate of drug-likeness (QED) is 0.135. The van der Waals surface area contributed by atoms with E-state index in [9.17, 15) is 9.65 Å². The SMILES string of the molecule is CC.CC/C=C(/NC(=NCC1=CC=CNN1)c1c(C)c(F)c(-c2ncc(F)c3sc(N)c(C#N)c23)c2c1COC2)N1CCC(C)C1C.CCCC. The number of rotatable bonds is 8. The number of unbranched alkanes of at least 4 members (excludes halogenated alkanes) is 1. The van der Waals surface area contributed by atoms with E-state index in [1.165, 1.54) is 12.8 Å². The molecule has 2 unspecified atom stereocenters. The number of fused-ring (bicyclic) bond motifs is 2. The summed E-state index contributed by atoms with van der Waals surface area (Å²) < 4.78 is 37.8. The third kappa shape index (κ3) is 8.21. The van der Waals surface area contributed by atoms with Gasteiger partial charge in [-0.15, -0.1) is 11.3 Å². The van der Waals surface area contributed by atoms with Crippen LogP contribution in [-0.2, 0) is 18.0 Å². The molecule has 2 aromatic heterocycles. The van der Waals surface area contributed by atoms with E-state index in [-0.39, 0.29) is 45.1 Å². The Hall–Kier alpha value is -4.47. The van der Waals surface area contributed by atoms with Crippen LogP contribution in [0.15, 0.2) is 47.1 Å². The fourth-order valence-corrected chi connectivity index (χ4v) is 7.22. The highest BCUT2D eigenvalue weighted by molar-refractivity contribution is 7.23. The number of anilines is 1. The Labute approximate surface area is 305 Å². The summed E-state index contributed by atoms with van der Waals surface area (Å²) in [6, 6.07) is 2.39. The molecule has 5 heterocycles. The van der Waals surface area contributed by atoms with Crippen LogP contribution in [-0.4, -0.2) is 34.9 Å². The van der Waals surface area contributed by atoms with Gasteiger partial charge in [0.05, 0.1) is 47.6 Å². The highest BCUT2D eigenvalue weighted by Gasteiger charge is 2.34. The lowest BCUT2D eigenvalue weighted by Gasteiger charge is -2.30. The summed E-state index contributed by atoms with van der Waals surface area (Å²) in [5.74, 6) is 0.854. The van der Waals surface area contributed by atoms with Crippen LogP contribution in [0.4, 0.5) is 13.8 Å². The fraction of sp³-hybridized carbons (Fsp3) is 0.462. The number of halogens is 2. The first-order valence-electron chi connectivity index (χ1n) is 18.0. The smallest absolute Gasteiger partial charge is 0.159 e. The van der Waals surface area contributed by atoms with E-state index in [0.717, 1.165) is 54.0 Å². The Morgan fingerprint density at radius 1 is 1.22 bits per heavy atom. The number of benzene rings is 1. The van der Waals surface area contributed by atoms with E-state index in [1.54, 1.807) is 13.1 Å². The number of nitrogen functional groups attached to an aromatic ring is 1. The molecule has 2 atom stereocenters. The van der Waals surface area contributed by atoms with Crippen molar-refractivity contribution in [1.82, 2.24) is 26.1 Å². The minimum absolute atomic E-state index is 0.0916. The number of allylic oxidation sites excluding steroid dienone is 3. The molecule has 3 aliphatic heterocycles. The van der Waals surface area contributed by atoms with Gasteiger partial charge in [0.25, 0.3) is 0 Å². The van der Waals surface area contributed by atoms with Gasteiger partial charge in [-0.05, 0) is 67.5 Å². The van der Waals surface area contributed by atoms with Gasteiger partial charge < -0.3 is 31.5 Å². The fourth-order valence-electron chi connectivity index (χ4n) is 6.30. The maximum absolute atomic E-state index is 16.9. The van der Waals surface area contributed by atoms with Crippen LogP contribution in [0, 0.1) is 35.8 Å². The van der Waals surface area contributed by atoms with Gasteiger partial charge in [0.1, 0.15) is 28.5 Å². The normalized spacial score (nSPS) is 18.1. The summed E-state index contributed by atoms with van der Waals surface area (Å²) in [4.78, 5) is 11.7. The molecule has 1 aromatic carbocycles. The Kier molecular flexibility index (Phi) is 14.0. The molecule has 0 saturated carbocycles. The summed E-state index contributed by atoms with van der Waals surface area (Å²) in [7, 11) is 0. The maximum atomic E-state index is 16.9. The van der Waals surface area contributed by atoms with Gasteiger partial charge in [0.15, 0.2) is 5.82 Å². The third-order valence-electron chi connectivity index (χ3n) is 9.38. The Balaban J connectivity index is 0.000000909. The van der Waals surface area contributed by atoms with E-state index in [4.69, 9.17) is 15.5 Å². The molecule has 12 heteroatoms. The second-order valence-corrected chi connectivity index (χ2v) is 13.6. The van der Waals surface area contributed by atoms with Crippen molar-refractivity contribution in [3.8, 4) is 17.3 Å². The number of hydrazine groups is 1. The van der Waals surface area contributed by atoms with E-state index >= 15 is 4.39 Å². The molecule has 1 saturated heterocycles. The van der Waals surface area contributed by atoms with Crippen LogP contribution in [0.25, 0.3) is 21.3 Å². The number of nitriles is 1. The van der Waals surface area contributed by atoms with Crippen LogP contribution in [0.2, 0.25) is 0 Å². The highest BCUT2D eigenvalue weighted by atomic mass is 32.1. The van der Waals surface area contributed by atoms with Crippen molar-refractivity contribution in [2.75, 3.05) is 18.8 Å². The molecule has 51 heavy (non-hydrogen) atoms. The number of nitrogens with one attached hydrogen (secondary N) is 3. The molecule has 9 nitrogen and oxygen atoms in total. The number of thiophene rings is 1. The first-order valence-corrected chi connectivity index (χ1v) is 18.8. The van der Waals surface area contributed by atoms with Gasteiger partial charge in [-0.2, -0.15) is 5.26 Å². The van der Waals surface area contributed by atoms with Crippen molar-refractivity contribution >= 4 is 32.3 Å². The van der Waals surface area contributed by atoms with Crippen molar-refractivity contribution in [3.05, 3.63) is 81.6 Å². The van der Waals surface area contributed by atoms with Gasteiger partial charge in [-0.25, -0.2) is 8.78 Å².